The molecule has 2 heterocycles. The van der Waals surface area contributed by atoms with Gasteiger partial charge in [0.25, 0.3) is 0 Å². The van der Waals surface area contributed by atoms with Crippen molar-refractivity contribution >= 4 is 51.6 Å². The van der Waals surface area contributed by atoms with Gasteiger partial charge in [0.1, 0.15) is 16.3 Å². The molecule has 1 unspecified atom stereocenters. The number of halogens is 1. The monoisotopic (exact) mass is 542 g/mol. The predicted molar refractivity (Wildman–Crippen MR) is 142 cm³/mol. The van der Waals surface area contributed by atoms with E-state index in [0.717, 1.165) is 11.3 Å². The summed E-state index contributed by atoms with van der Waals surface area (Å²) in [6.45, 7) is 1.89. The standard InChI is InChI=1S/C25H23ClN4O4S2/c1-15(34-18-7-5-4-6-8-18)22-28-29-25(30(22)2)36-14-20(31)27-23-21(24(32)33-3)19(13-35-23)16-9-11-17(26)12-10-16/h4-13,15H,14H2,1-3H3,(H,27,31). The molecule has 0 bridgehead atoms. The van der Waals surface area contributed by atoms with Gasteiger partial charge in [-0.15, -0.1) is 21.5 Å². The molecule has 0 radical (unpaired) electrons. The zero-order chi connectivity index (χ0) is 25.7. The van der Waals surface area contributed by atoms with E-state index in [1.807, 2.05) is 56.4 Å². The maximum Gasteiger partial charge on any atom is 0.341 e. The number of esters is 1. The molecule has 2 aromatic heterocycles. The normalized spacial score (nSPS) is 11.7. The molecule has 8 nitrogen and oxygen atoms in total. The minimum atomic E-state index is -0.533. The Kier molecular flexibility index (Phi) is 8.29. The number of methoxy groups -OCH3 is 1. The van der Waals surface area contributed by atoms with Crippen molar-refractivity contribution < 1.29 is 19.1 Å². The first kappa shape index (κ1) is 25.7. The second-order valence-corrected chi connectivity index (χ2v) is 9.92. The van der Waals surface area contributed by atoms with E-state index in [9.17, 15) is 9.59 Å². The van der Waals surface area contributed by atoms with E-state index >= 15 is 0 Å². The number of anilines is 1. The van der Waals surface area contributed by atoms with Gasteiger partial charge in [0.15, 0.2) is 17.1 Å². The number of amides is 1. The average Bonchev–Trinajstić information content (AvgIpc) is 3.46. The molecule has 4 rings (SSSR count). The van der Waals surface area contributed by atoms with E-state index in [1.165, 1.54) is 30.2 Å². The molecular formula is C25H23ClN4O4S2. The quantitative estimate of drug-likeness (QED) is 0.209. The first-order valence-electron chi connectivity index (χ1n) is 10.9. The van der Waals surface area contributed by atoms with Gasteiger partial charge in [-0.2, -0.15) is 0 Å². The van der Waals surface area contributed by atoms with Gasteiger partial charge in [-0.25, -0.2) is 4.79 Å². The molecule has 1 amide bonds. The Bertz CT molecular complexity index is 1360. The number of thiophene rings is 1. The SMILES string of the molecule is COC(=O)c1c(-c2ccc(Cl)cc2)csc1NC(=O)CSc1nnc(C(C)Oc2ccccc2)n1C. The highest BCUT2D eigenvalue weighted by molar-refractivity contribution is 7.99. The molecule has 0 saturated carbocycles. The number of hydrogen-bond acceptors (Lipinski definition) is 8. The fourth-order valence-electron chi connectivity index (χ4n) is 3.45. The van der Waals surface area contributed by atoms with Crippen molar-refractivity contribution in [1.82, 2.24) is 14.8 Å². The Balaban J connectivity index is 1.43. The van der Waals surface area contributed by atoms with Crippen LogP contribution in [0.4, 0.5) is 5.00 Å². The number of nitrogens with zero attached hydrogens (tertiary/aromatic N) is 3. The van der Waals surface area contributed by atoms with Crippen LogP contribution in [-0.2, 0) is 16.6 Å². The Labute approximate surface area is 221 Å². The minimum absolute atomic E-state index is 0.0781. The number of thioether (sulfide) groups is 1. The Morgan fingerprint density at radius 2 is 1.86 bits per heavy atom. The fourth-order valence-corrected chi connectivity index (χ4v) is 5.27. The van der Waals surface area contributed by atoms with Gasteiger partial charge in [0.05, 0.1) is 12.9 Å². The lowest BCUT2D eigenvalue weighted by molar-refractivity contribution is -0.113. The Morgan fingerprint density at radius 1 is 1.14 bits per heavy atom. The van der Waals surface area contributed by atoms with Gasteiger partial charge < -0.3 is 19.4 Å². The van der Waals surface area contributed by atoms with Crippen LogP contribution in [0.1, 0.15) is 29.2 Å². The number of benzene rings is 2. The number of carbonyl (C=O) groups is 2. The molecule has 0 spiro atoms. The summed E-state index contributed by atoms with van der Waals surface area (Å²) in [4.78, 5) is 25.3. The van der Waals surface area contributed by atoms with E-state index in [0.29, 0.717) is 32.1 Å². The largest absolute Gasteiger partial charge is 0.483 e. The van der Waals surface area contributed by atoms with Crippen molar-refractivity contribution in [3.05, 3.63) is 76.4 Å². The second-order valence-electron chi connectivity index (χ2n) is 7.66. The van der Waals surface area contributed by atoms with Crippen molar-refractivity contribution in [2.75, 3.05) is 18.2 Å². The fraction of sp³-hybridized carbons (Fsp3) is 0.200. The molecule has 0 aliphatic rings. The summed E-state index contributed by atoms with van der Waals surface area (Å²) in [5, 5.41) is 14.7. The highest BCUT2D eigenvalue weighted by Crippen LogP contribution is 2.36. The van der Waals surface area contributed by atoms with Crippen LogP contribution in [0.2, 0.25) is 5.02 Å². The van der Waals surface area contributed by atoms with Crippen molar-refractivity contribution in [3.63, 3.8) is 0 Å². The van der Waals surface area contributed by atoms with E-state index in [-0.39, 0.29) is 17.8 Å². The molecule has 36 heavy (non-hydrogen) atoms. The van der Waals surface area contributed by atoms with Crippen LogP contribution in [0.3, 0.4) is 0 Å². The summed E-state index contributed by atoms with van der Waals surface area (Å²) in [6.07, 6.45) is -0.326. The summed E-state index contributed by atoms with van der Waals surface area (Å²) in [6, 6.07) is 16.6. The third-order valence-electron chi connectivity index (χ3n) is 5.21. The van der Waals surface area contributed by atoms with E-state index < -0.39 is 5.97 Å². The number of hydrogen-bond donors (Lipinski definition) is 1. The molecule has 0 saturated heterocycles. The summed E-state index contributed by atoms with van der Waals surface area (Å²) in [7, 11) is 3.13. The lowest BCUT2D eigenvalue weighted by Gasteiger charge is -2.14. The van der Waals surface area contributed by atoms with Crippen LogP contribution in [0.15, 0.2) is 65.1 Å². The number of para-hydroxylation sites is 1. The molecule has 0 aliphatic heterocycles. The van der Waals surface area contributed by atoms with Crippen LogP contribution < -0.4 is 10.1 Å². The highest BCUT2D eigenvalue weighted by Gasteiger charge is 2.23. The number of carbonyl (C=O) groups excluding carboxylic acids is 2. The van der Waals surface area contributed by atoms with Gasteiger partial charge in [-0.1, -0.05) is 53.7 Å². The van der Waals surface area contributed by atoms with Crippen molar-refractivity contribution in [2.45, 2.75) is 18.2 Å². The minimum Gasteiger partial charge on any atom is -0.483 e. The zero-order valence-corrected chi connectivity index (χ0v) is 22.1. The molecule has 0 aliphatic carbocycles. The molecular weight excluding hydrogens is 520 g/mol. The van der Waals surface area contributed by atoms with E-state index in [2.05, 4.69) is 15.5 Å². The molecule has 186 valence electrons. The van der Waals surface area contributed by atoms with E-state index in [4.69, 9.17) is 21.1 Å². The summed E-state index contributed by atoms with van der Waals surface area (Å²) in [5.41, 5.74) is 1.76. The van der Waals surface area contributed by atoms with Crippen LogP contribution >= 0.6 is 34.7 Å². The maximum atomic E-state index is 12.8. The van der Waals surface area contributed by atoms with Gasteiger partial charge in [0.2, 0.25) is 5.91 Å². The van der Waals surface area contributed by atoms with Crippen LogP contribution in [0.5, 0.6) is 5.75 Å². The number of rotatable bonds is 9. The third-order valence-corrected chi connectivity index (χ3v) is 7.38. The van der Waals surface area contributed by atoms with Gasteiger partial charge in [-0.05, 0) is 36.8 Å². The zero-order valence-electron chi connectivity index (χ0n) is 19.7. The highest BCUT2D eigenvalue weighted by atomic mass is 35.5. The molecule has 11 heteroatoms. The van der Waals surface area contributed by atoms with E-state index in [1.54, 1.807) is 22.1 Å². The molecule has 4 aromatic rings. The predicted octanol–water partition coefficient (Wildman–Crippen LogP) is 5.85. The third kappa shape index (κ3) is 5.89. The average molecular weight is 543 g/mol. The number of ether oxygens (including phenoxy) is 2. The summed E-state index contributed by atoms with van der Waals surface area (Å²) in [5.74, 6) is 0.633. The number of nitrogens with one attached hydrogen (secondary N) is 1. The van der Waals surface area contributed by atoms with Gasteiger partial charge >= 0.3 is 5.97 Å². The maximum absolute atomic E-state index is 12.8. The molecule has 2 aromatic carbocycles. The van der Waals surface area contributed by atoms with Crippen molar-refractivity contribution in [3.8, 4) is 16.9 Å². The first-order valence-corrected chi connectivity index (χ1v) is 13.1. The lowest BCUT2D eigenvalue weighted by Crippen LogP contribution is -2.16. The van der Waals surface area contributed by atoms with Crippen molar-refractivity contribution in [1.29, 1.82) is 0 Å². The first-order chi connectivity index (χ1) is 17.4. The second kappa shape index (κ2) is 11.6. The summed E-state index contributed by atoms with van der Waals surface area (Å²) < 4.78 is 12.7. The van der Waals surface area contributed by atoms with Crippen LogP contribution in [0.25, 0.3) is 11.1 Å². The number of aromatic nitrogens is 3. The Hall–Kier alpha value is -3.34. The van der Waals surface area contributed by atoms with Gasteiger partial charge in [0, 0.05) is 23.0 Å². The molecule has 1 atom stereocenters. The molecule has 1 N–H and O–H groups in total. The van der Waals surface area contributed by atoms with Crippen LogP contribution in [-0.4, -0.2) is 39.5 Å². The topological polar surface area (TPSA) is 95.3 Å². The smallest absolute Gasteiger partial charge is 0.341 e. The Morgan fingerprint density at radius 3 is 2.56 bits per heavy atom. The lowest BCUT2D eigenvalue weighted by atomic mass is 10.0. The van der Waals surface area contributed by atoms with Gasteiger partial charge in [-0.3, -0.25) is 4.79 Å². The van der Waals surface area contributed by atoms with Crippen LogP contribution in [0, 0.1) is 0 Å². The van der Waals surface area contributed by atoms with Crippen molar-refractivity contribution in [2.24, 2.45) is 7.05 Å². The summed E-state index contributed by atoms with van der Waals surface area (Å²) >= 11 is 8.48. The molecule has 0 fully saturated rings.